The average molecular weight is 245 g/mol. The van der Waals surface area contributed by atoms with Crippen molar-refractivity contribution in [3.8, 4) is 0 Å². The Morgan fingerprint density at radius 1 is 1.11 bits per heavy atom. The molecule has 1 fully saturated rings. The van der Waals surface area contributed by atoms with Crippen LogP contribution in [-0.2, 0) is 4.79 Å². The third-order valence-corrected chi connectivity index (χ3v) is 3.04. The normalized spacial score (nSPS) is 15.3. The second-order valence-corrected chi connectivity index (χ2v) is 4.30. The Bertz CT molecular complexity index is 469. The Balaban J connectivity index is 1.98. The van der Waals surface area contributed by atoms with E-state index in [4.69, 9.17) is 5.11 Å². The fourth-order valence-corrected chi connectivity index (χ4v) is 2.08. The van der Waals surface area contributed by atoms with E-state index in [0.29, 0.717) is 31.5 Å². The maximum atomic E-state index is 12.1. The monoisotopic (exact) mass is 245 g/mol. The Kier molecular flexibility index (Phi) is 3.77. The molecule has 4 nitrogen and oxygen atoms in total. The van der Waals surface area contributed by atoms with E-state index in [1.165, 1.54) is 6.08 Å². The van der Waals surface area contributed by atoms with Crippen LogP contribution in [0.3, 0.4) is 0 Å². The minimum absolute atomic E-state index is 0.0185. The molecule has 0 aliphatic carbocycles. The number of rotatable bonds is 2. The molecule has 1 saturated heterocycles. The number of amides is 1. The van der Waals surface area contributed by atoms with Gasteiger partial charge in [-0.1, -0.05) is 23.8 Å². The molecule has 94 valence electrons. The molecule has 0 aromatic heterocycles. The molecular formula is C14H15NO3. The van der Waals surface area contributed by atoms with Gasteiger partial charge in [-0.25, -0.2) is 4.79 Å². The van der Waals surface area contributed by atoms with Crippen LogP contribution in [0.4, 0.5) is 0 Å². The SMILES string of the molecule is O=C(O)C=C1CCN(C(=O)c2ccccc2)CC1. The fourth-order valence-electron chi connectivity index (χ4n) is 2.08. The quantitative estimate of drug-likeness (QED) is 0.810. The van der Waals surface area contributed by atoms with Crippen molar-refractivity contribution in [3.63, 3.8) is 0 Å². The number of carbonyl (C=O) groups is 2. The maximum Gasteiger partial charge on any atom is 0.328 e. The number of hydrogen-bond acceptors (Lipinski definition) is 2. The summed E-state index contributed by atoms with van der Waals surface area (Å²) in [5.41, 5.74) is 1.59. The van der Waals surface area contributed by atoms with Gasteiger partial charge in [-0.3, -0.25) is 4.79 Å². The van der Waals surface area contributed by atoms with Gasteiger partial charge >= 0.3 is 5.97 Å². The molecule has 2 rings (SSSR count). The molecular weight excluding hydrogens is 230 g/mol. The summed E-state index contributed by atoms with van der Waals surface area (Å²) in [4.78, 5) is 24.4. The first-order valence-electron chi connectivity index (χ1n) is 5.93. The number of carboxylic acids is 1. The number of likely N-dealkylation sites (tertiary alicyclic amines) is 1. The van der Waals surface area contributed by atoms with Gasteiger partial charge in [0.05, 0.1) is 0 Å². The van der Waals surface area contributed by atoms with Crippen molar-refractivity contribution in [1.29, 1.82) is 0 Å². The van der Waals surface area contributed by atoms with Crippen molar-refractivity contribution in [2.24, 2.45) is 0 Å². The molecule has 0 radical (unpaired) electrons. The Hall–Kier alpha value is -2.10. The number of piperidine rings is 1. The van der Waals surface area contributed by atoms with Crippen LogP contribution in [0, 0.1) is 0 Å². The third-order valence-electron chi connectivity index (χ3n) is 3.04. The van der Waals surface area contributed by atoms with Gasteiger partial charge in [0.25, 0.3) is 5.91 Å². The lowest BCUT2D eigenvalue weighted by Crippen LogP contribution is -2.36. The van der Waals surface area contributed by atoms with E-state index in [-0.39, 0.29) is 5.91 Å². The first-order chi connectivity index (χ1) is 8.66. The van der Waals surface area contributed by atoms with Gasteiger partial charge in [0, 0.05) is 24.7 Å². The smallest absolute Gasteiger partial charge is 0.328 e. The predicted octanol–water partition coefficient (Wildman–Crippen LogP) is 1.93. The van der Waals surface area contributed by atoms with Crippen molar-refractivity contribution in [2.45, 2.75) is 12.8 Å². The van der Waals surface area contributed by atoms with Crippen molar-refractivity contribution in [1.82, 2.24) is 4.90 Å². The first kappa shape index (κ1) is 12.4. The van der Waals surface area contributed by atoms with Crippen LogP contribution in [0.2, 0.25) is 0 Å². The van der Waals surface area contributed by atoms with Crippen molar-refractivity contribution in [2.75, 3.05) is 13.1 Å². The Labute approximate surface area is 106 Å². The van der Waals surface area contributed by atoms with Crippen molar-refractivity contribution in [3.05, 3.63) is 47.5 Å². The third kappa shape index (κ3) is 2.97. The van der Waals surface area contributed by atoms with Crippen LogP contribution >= 0.6 is 0 Å². The van der Waals surface area contributed by atoms with Crippen molar-refractivity contribution < 1.29 is 14.7 Å². The van der Waals surface area contributed by atoms with E-state index in [2.05, 4.69) is 0 Å². The predicted molar refractivity (Wildman–Crippen MR) is 67.3 cm³/mol. The van der Waals surface area contributed by atoms with Gasteiger partial charge in [-0.05, 0) is 25.0 Å². The van der Waals surface area contributed by atoms with Gasteiger partial charge < -0.3 is 10.0 Å². The zero-order chi connectivity index (χ0) is 13.0. The summed E-state index contributed by atoms with van der Waals surface area (Å²) in [6.45, 7) is 1.18. The van der Waals surface area contributed by atoms with Gasteiger partial charge in [0.1, 0.15) is 0 Å². The molecule has 0 saturated carbocycles. The first-order valence-corrected chi connectivity index (χ1v) is 5.93. The molecule has 1 aromatic rings. The average Bonchev–Trinajstić information content (AvgIpc) is 2.39. The van der Waals surface area contributed by atoms with E-state index in [1.54, 1.807) is 17.0 Å². The van der Waals surface area contributed by atoms with Crippen molar-refractivity contribution >= 4 is 11.9 Å². The molecule has 1 aliphatic heterocycles. The number of aliphatic carboxylic acids is 1. The van der Waals surface area contributed by atoms with E-state index in [9.17, 15) is 9.59 Å². The van der Waals surface area contributed by atoms with Crippen LogP contribution in [0.5, 0.6) is 0 Å². The van der Waals surface area contributed by atoms with E-state index in [0.717, 1.165) is 5.57 Å². The zero-order valence-corrected chi connectivity index (χ0v) is 10.0. The maximum absolute atomic E-state index is 12.1. The minimum atomic E-state index is -0.909. The lowest BCUT2D eigenvalue weighted by molar-refractivity contribution is -0.131. The summed E-state index contributed by atoms with van der Waals surface area (Å²) in [5.74, 6) is -0.891. The zero-order valence-electron chi connectivity index (χ0n) is 10.0. The number of benzene rings is 1. The molecule has 1 N–H and O–H groups in total. The van der Waals surface area contributed by atoms with Crippen LogP contribution in [-0.4, -0.2) is 35.0 Å². The Morgan fingerprint density at radius 2 is 1.72 bits per heavy atom. The number of carbonyl (C=O) groups excluding carboxylic acids is 1. The van der Waals surface area contributed by atoms with E-state index in [1.807, 2.05) is 18.2 Å². The summed E-state index contributed by atoms with van der Waals surface area (Å²) in [6.07, 6.45) is 2.54. The number of nitrogens with zero attached hydrogens (tertiary/aromatic N) is 1. The second kappa shape index (κ2) is 5.49. The standard InChI is InChI=1S/C14H15NO3/c16-13(17)10-11-6-8-15(9-7-11)14(18)12-4-2-1-3-5-12/h1-5,10H,6-9H2,(H,16,17). The lowest BCUT2D eigenvalue weighted by atomic mass is 10.0. The highest BCUT2D eigenvalue weighted by atomic mass is 16.4. The Morgan fingerprint density at radius 3 is 2.28 bits per heavy atom. The topological polar surface area (TPSA) is 57.6 Å². The van der Waals surface area contributed by atoms with Crippen LogP contribution < -0.4 is 0 Å². The molecule has 0 unspecified atom stereocenters. The summed E-state index contributed by atoms with van der Waals surface area (Å²) in [6, 6.07) is 9.15. The van der Waals surface area contributed by atoms with Crippen LogP contribution in [0.25, 0.3) is 0 Å². The number of hydrogen-bond donors (Lipinski definition) is 1. The number of carboxylic acid groups (broad SMARTS) is 1. The summed E-state index contributed by atoms with van der Waals surface area (Å²) >= 11 is 0. The molecule has 4 heteroatoms. The van der Waals surface area contributed by atoms with E-state index < -0.39 is 5.97 Å². The highest BCUT2D eigenvalue weighted by Gasteiger charge is 2.20. The van der Waals surface area contributed by atoms with Gasteiger partial charge in [-0.2, -0.15) is 0 Å². The van der Waals surface area contributed by atoms with Gasteiger partial charge in [0.2, 0.25) is 0 Å². The molecule has 0 atom stereocenters. The summed E-state index contributed by atoms with van der Waals surface area (Å²) in [7, 11) is 0. The van der Waals surface area contributed by atoms with Crippen LogP contribution in [0.15, 0.2) is 42.0 Å². The summed E-state index contributed by atoms with van der Waals surface area (Å²) < 4.78 is 0. The highest BCUT2D eigenvalue weighted by Crippen LogP contribution is 2.18. The van der Waals surface area contributed by atoms with Crippen LogP contribution in [0.1, 0.15) is 23.2 Å². The molecule has 0 spiro atoms. The molecule has 1 aliphatic rings. The van der Waals surface area contributed by atoms with E-state index >= 15 is 0 Å². The molecule has 1 aromatic carbocycles. The molecule has 0 bridgehead atoms. The van der Waals surface area contributed by atoms with Gasteiger partial charge in [0.15, 0.2) is 0 Å². The molecule has 1 amide bonds. The summed E-state index contributed by atoms with van der Waals surface area (Å²) in [5, 5.41) is 8.66. The fraction of sp³-hybridized carbons (Fsp3) is 0.286. The lowest BCUT2D eigenvalue weighted by Gasteiger charge is -2.28. The molecule has 18 heavy (non-hydrogen) atoms. The molecule has 1 heterocycles. The largest absolute Gasteiger partial charge is 0.478 e. The minimum Gasteiger partial charge on any atom is -0.478 e. The van der Waals surface area contributed by atoms with Gasteiger partial charge in [-0.15, -0.1) is 0 Å². The second-order valence-electron chi connectivity index (χ2n) is 4.30. The highest BCUT2D eigenvalue weighted by molar-refractivity contribution is 5.94.